The lowest BCUT2D eigenvalue weighted by Gasteiger charge is -2.36. The van der Waals surface area contributed by atoms with Crippen molar-refractivity contribution in [3.63, 3.8) is 0 Å². The van der Waals surface area contributed by atoms with Gasteiger partial charge in [-0.15, -0.1) is 0 Å². The van der Waals surface area contributed by atoms with E-state index in [2.05, 4.69) is 16.0 Å². The Morgan fingerprint density at radius 3 is 2.90 bits per heavy atom. The van der Waals surface area contributed by atoms with E-state index in [1.165, 1.54) is 0 Å². The zero-order valence-electron chi connectivity index (χ0n) is 11.7. The van der Waals surface area contributed by atoms with Gasteiger partial charge in [0.2, 0.25) is 0 Å². The van der Waals surface area contributed by atoms with Crippen molar-refractivity contribution < 1.29 is 14.7 Å². The first-order valence-corrected chi connectivity index (χ1v) is 7.24. The zero-order valence-corrected chi connectivity index (χ0v) is 11.7. The highest BCUT2D eigenvalue weighted by atomic mass is 16.3. The summed E-state index contributed by atoms with van der Waals surface area (Å²) in [4.78, 5) is 23.4. The van der Waals surface area contributed by atoms with Gasteiger partial charge in [0.25, 0.3) is 5.91 Å². The molecule has 0 radical (unpaired) electrons. The summed E-state index contributed by atoms with van der Waals surface area (Å²) in [5.74, 6) is -0.187. The largest absolute Gasteiger partial charge is 0.390 e. The van der Waals surface area contributed by atoms with Crippen LogP contribution in [0.1, 0.15) is 41.6 Å². The van der Waals surface area contributed by atoms with Gasteiger partial charge in [-0.05, 0) is 43.4 Å². The second kappa shape index (κ2) is 5.37. The van der Waals surface area contributed by atoms with Gasteiger partial charge in [0.1, 0.15) is 0 Å². The Labute approximate surface area is 122 Å². The van der Waals surface area contributed by atoms with Crippen LogP contribution in [0.25, 0.3) is 0 Å². The van der Waals surface area contributed by atoms with E-state index in [0.29, 0.717) is 30.8 Å². The molecule has 1 aliphatic carbocycles. The summed E-state index contributed by atoms with van der Waals surface area (Å²) in [6, 6.07) is 5.00. The van der Waals surface area contributed by atoms with E-state index in [9.17, 15) is 14.7 Å². The maximum Gasteiger partial charge on any atom is 0.319 e. The molecule has 4 N–H and O–H groups in total. The fourth-order valence-corrected chi connectivity index (χ4v) is 2.68. The van der Waals surface area contributed by atoms with Crippen LogP contribution in [0.4, 0.5) is 10.5 Å². The Hall–Kier alpha value is -2.08. The zero-order chi connectivity index (χ0) is 14.9. The minimum Gasteiger partial charge on any atom is -0.390 e. The van der Waals surface area contributed by atoms with Crippen LogP contribution in [0.15, 0.2) is 18.2 Å². The topological polar surface area (TPSA) is 90.5 Å². The quantitative estimate of drug-likeness (QED) is 0.674. The van der Waals surface area contributed by atoms with Gasteiger partial charge in [-0.2, -0.15) is 0 Å². The Morgan fingerprint density at radius 1 is 1.38 bits per heavy atom. The lowest BCUT2D eigenvalue weighted by atomic mass is 9.78. The second-order valence-corrected chi connectivity index (χ2v) is 5.76. The fourth-order valence-electron chi connectivity index (χ4n) is 2.68. The molecule has 0 aromatic heterocycles. The van der Waals surface area contributed by atoms with Crippen LogP contribution in [0.3, 0.4) is 0 Å². The van der Waals surface area contributed by atoms with Gasteiger partial charge in [-0.1, -0.05) is 6.07 Å². The number of nitrogens with one attached hydrogen (secondary N) is 3. The predicted octanol–water partition coefficient (Wildman–Crippen LogP) is 1.36. The van der Waals surface area contributed by atoms with Gasteiger partial charge in [-0.25, -0.2) is 4.79 Å². The lowest BCUT2D eigenvalue weighted by molar-refractivity contribution is -0.0390. The highest BCUT2D eigenvalue weighted by molar-refractivity contribution is 5.98. The third-order valence-corrected chi connectivity index (χ3v) is 4.22. The molecule has 6 nitrogen and oxygen atoms in total. The molecule has 1 fully saturated rings. The summed E-state index contributed by atoms with van der Waals surface area (Å²) in [5, 5.41) is 18.1. The van der Waals surface area contributed by atoms with Crippen molar-refractivity contribution in [2.75, 3.05) is 11.9 Å². The summed E-state index contributed by atoms with van der Waals surface area (Å²) >= 11 is 0. The van der Waals surface area contributed by atoms with Crippen LogP contribution in [0.5, 0.6) is 0 Å². The first-order chi connectivity index (χ1) is 10.1. The van der Waals surface area contributed by atoms with Crippen LogP contribution in [0.2, 0.25) is 0 Å². The molecule has 0 bridgehead atoms. The van der Waals surface area contributed by atoms with Crippen molar-refractivity contribution in [1.29, 1.82) is 0 Å². The summed E-state index contributed by atoms with van der Waals surface area (Å²) in [5.41, 5.74) is 1.55. The average Bonchev–Trinajstić information content (AvgIpc) is 2.44. The molecule has 0 unspecified atom stereocenters. The van der Waals surface area contributed by atoms with Crippen LogP contribution in [-0.4, -0.2) is 29.2 Å². The van der Waals surface area contributed by atoms with Gasteiger partial charge in [0.05, 0.1) is 5.60 Å². The number of aliphatic hydroxyl groups is 1. The van der Waals surface area contributed by atoms with E-state index in [1.54, 1.807) is 12.1 Å². The van der Waals surface area contributed by atoms with E-state index < -0.39 is 5.60 Å². The minimum absolute atomic E-state index is 0.187. The number of benzene rings is 1. The Kier molecular flexibility index (Phi) is 3.55. The normalized spacial score (nSPS) is 18.8. The number of carbonyl (C=O) groups is 2. The summed E-state index contributed by atoms with van der Waals surface area (Å²) < 4.78 is 0. The van der Waals surface area contributed by atoms with Crippen molar-refractivity contribution in [2.45, 2.75) is 37.8 Å². The van der Waals surface area contributed by atoms with E-state index >= 15 is 0 Å². The van der Waals surface area contributed by atoms with Crippen LogP contribution < -0.4 is 16.0 Å². The number of hydrogen-bond donors (Lipinski definition) is 4. The predicted molar refractivity (Wildman–Crippen MR) is 78.1 cm³/mol. The third-order valence-electron chi connectivity index (χ3n) is 4.22. The van der Waals surface area contributed by atoms with E-state index in [0.717, 1.165) is 24.8 Å². The summed E-state index contributed by atoms with van der Waals surface area (Å²) in [7, 11) is 0. The Balaban J connectivity index is 1.59. The van der Waals surface area contributed by atoms with Gasteiger partial charge in [0, 0.05) is 24.3 Å². The Bertz CT molecular complexity index is 582. The molecular weight excluding hydrogens is 270 g/mol. The number of amides is 3. The fraction of sp³-hybridized carbons (Fsp3) is 0.467. The second-order valence-electron chi connectivity index (χ2n) is 5.76. The van der Waals surface area contributed by atoms with Crippen molar-refractivity contribution in [3.05, 3.63) is 29.3 Å². The molecule has 3 rings (SSSR count). The molecule has 1 aromatic carbocycles. The standard InChI is InChI=1S/C15H19N3O3/c19-13(16-7-6-15(21)4-1-5-15)10-2-3-11-9-17-14(20)18-12(11)8-10/h2-3,8,21H,1,4-7,9H2,(H,16,19)(H2,17,18,20). The van der Waals surface area contributed by atoms with E-state index in [4.69, 9.17) is 0 Å². The van der Waals surface area contributed by atoms with Gasteiger partial charge in [-0.3, -0.25) is 4.79 Å². The molecule has 1 aliphatic heterocycles. The van der Waals surface area contributed by atoms with Crippen LogP contribution in [0, 0.1) is 0 Å². The van der Waals surface area contributed by atoms with Crippen LogP contribution in [-0.2, 0) is 6.54 Å². The Morgan fingerprint density at radius 2 is 2.19 bits per heavy atom. The molecule has 112 valence electrons. The molecule has 3 amide bonds. The summed E-state index contributed by atoms with van der Waals surface area (Å²) in [6.45, 7) is 0.927. The van der Waals surface area contributed by atoms with E-state index in [1.807, 2.05) is 6.07 Å². The SMILES string of the molecule is O=C1NCc2ccc(C(=O)NCCC3(O)CCC3)cc2N1. The molecule has 21 heavy (non-hydrogen) atoms. The van der Waals surface area contributed by atoms with Crippen molar-refractivity contribution in [1.82, 2.24) is 10.6 Å². The van der Waals surface area contributed by atoms with E-state index in [-0.39, 0.29) is 11.9 Å². The van der Waals surface area contributed by atoms with Crippen molar-refractivity contribution in [2.24, 2.45) is 0 Å². The average molecular weight is 289 g/mol. The first kappa shape index (κ1) is 13.9. The molecule has 0 atom stereocenters. The molecule has 1 saturated carbocycles. The van der Waals surface area contributed by atoms with Crippen LogP contribution >= 0.6 is 0 Å². The number of carbonyl (C=O) groups excluding carboxylic acids is 2. The molecule has 1 heterocycles. The summed E-state index contributed by atoms with van der Waals surface area (Å²) in [6.07, 6.45) is 3.29. The number of urea groups is 1. The third kappa shape index (κ3) is 3.00. The monoisotopic (exact) mass is 289 g/mol. The molecule has 1 aromatic rings. The lowest BCUT2D eigenvalue weighted by Crippen LogP contribution is -2.40. The molecule has 6 heteroatoms. The van der Waals surface area contributed by atoms with Crippen molar-refractivity contribution in [3.8, 4) is 0 Å². The minimum atomic E-state index is -0.581. The number of hydrogen-bond acceptors (Lipinski definition) is 3. The first-order valence-electron chi connectivity index (χ1n) is 7.24. The highest BCUT2D eigenvalue weighted by Crippen LogP contribution is 2.34. The van der Waals surface area contributed by atoms with Gasteiger partial charge < -0.3 is 21.1 Å². The van der Waals surface area contributed by atoms with Gasteiger partial charge in [0.15, 0.2) is 0 Å². The van der Waals surface area contributed by atoms with Gasteiger partial charge >= 0.3 is 6.03 Å². The van der Waals surface area contributed by atoms with Crippen molar-refractivity contribution >= 4 is 17.6 Å². The molecule has 0 saturated heterocycles. The number of rotatable bonds is 4. The molecule has 0 spiro atoms. The maximum atomic E-state index is 12.1. The highest BCUT2D eigenvalue weighted by Gasteiger charge is 2.33. The molecule has 2 aliphatic rings. The smallest absolute Gasteiger partial charge is 0.319 e. The number of anilines is 1. The molecular formula is C15H19N3O3. The maximum absolute atomic E-state index is 12.1. The number of fused-ring (bicyclic) bond motifs is 1.